The predicted octanol–water partition coefficient (Wildman–Crippen LogP) is 0.480. The van der Waals surface area contributed by atoms with Gasteiger partial charge in [-0.2, -0.15) is 8.42 Å². The maximum absolute atomic E-state index is 11.7. The minimum atomic E-state index is -3.55. The number of rotatable bonds is 5. The zero-order valence-electron chi connectivity index (χ0n) is 10.8. The Balaban J connectivity index is 1.95. The third-order valence-corrected chi connectivity index (χ3v) is 4.03. The molecule has 3 N–H and O–H groups in total. The summed E-state index contributed by atoms with van der Waals surface area (Å²) in [6.07, 6.45) is 0.595. The van der Waals surface area contributed by atoms with Gasteiger partial charge in [0.25, 0.3) is 10.2 Å². The molecule has 1 aliphatic rings. The lowest BCUT2D eigenvalue weighted by Gasteiger charge is -2.22. The highest BCUT2D eigenvalue weighted by Crippen LogP contribution is 2.24. The van der Waals surface area contributed by atoms with Gasteiger partial charge >= 0.3 is 0 Å². The number of nitrogens with one attached hydrogen (secondary N) is 3. The summed E-state index contributed by atoms with van der Waals surface area (Å²) in [6, 6.07) is 6.25. The molecular formula is C12H15N3O4S. The molecule has 0 bridgehead atoms. The molecule has 0 unspecified atom stereocenters. The second-order valence-corrected chi connectivity index (χ2v) is 6.14. The molecule has 1 aliphatic carbocycles. The standard InChI is InChI=1S/C12H15N3O4S/c1-13-20(18,19)15-10-4-2-9(3-5-10)14-12(17)8-6-11(16)7-8/h2-5,8,13,15H,6-7H2,1H3,(H,14,17). The van der Waals surface area contributed by atoms with Crippen LogP contribution in [0, 0.1) is 5.92 Å². The van der Waals surface area contributed by atoms with E-state index in [1.807, 2.05) is 0 Å². The van der Waals surface area contributed by atoms with Crippen molar-refractivity contribution in [2.45, 2.75) is 12.8 Å². The molecule has 1 amide bonds. The first-order chi connectivity index (χ1) is 9.39. The van der Waals surface area contributed by atoms with E-state index in [2.05, 4.69) is 14.8 Å². The van der Waals surface area contributed by atoms with Crippen molar-refractivity contribution >= 4 is 33.3 Å². The van der Waals surface area contributed by atoms with E-state index < -0.39 is 10.2 Å². The summed E-state index contributed by atoms with van der Waals surface area (Å²) in [7, 11) is -2.25. The average molecular weight is 297 g/mol. The van der Waals surface area contributed by atoms with E-state index in [0.29, 0.717) is 24.2 Å². The minimum Gasteiger partial charge on any atom is -0.326 e. The van der Waals surface area contributed by atoms with Crippen molar-refractivity contribution in [2.24, 2.45) is 5.92 Å². The first kappa shape index (κ1) is 14.5. The van der Waals surface area contributed by atoms with Crippen molar-refractivity contribution in [2.75, 3.05) is 17.1 Å². The topological polar surface area (TPSA) is 104 Å². The molecular weight excluding hydrogens is 282 g/mol. The van der Waals surface area contributed by atoms with Gasteiger partial charge < -0.3 is 5.32 Å². The number of carbonyl (C=O) groups is 2. The fourth-order valence-electron chi connectivity index (χ4n) is 1.75. The smallest absolute Gasteiger partial charge is 0.298 e. The average Bonchev–Trinajstić information content (AvgIpc) is 2.37. The van der Waals surface area contributed by atoms with Gasteiger partial charge in [-0.1, -0.05) is 0 Å². The molecule has 108 valence electrons. The lowest BCUT2D eigenvalue weighted by Crippen LogP contribution is -2.34. The number of ketones is 1. The van der Waals surface area contributed by atoms with Crippen molar-refractivity contribution in [3.63, 3.8) is 0 Å². The van der Waals surface area contributed by atoms with Crippen LogP contribution in [0.5, 0.6) is 0 Å². The molecule has 1 saturated carbocycles. The Hall–Kier alpha value is -1.93. The highest BCUT2D eigenvalue weighted by atomic mass is 32.2. The van der Waals surface area contributed by atoms with Gasteiger partial charge in [0.15, 0.2) is 0 Å². The summed E-state index contributed by atoms with van der Waals surface area (Å²) >= 11 is 0. The van der Waals surface area contributed by atoms with Gasteiger partial charge in [-0.05, 0) is 24.3 Å². The summed E-state index contributed by atoms with van der Waals surface area (Å²) in [5.74, 6) is -0.333. The summed E-state index contributed by atoms with van der Waals surface area (Å²) in [6.45, 7) is 0. The molecule has 0 atom stereocenters. The quantitative estimate of drug-likeness (QED) is 0.735. The van der Waals surface area contributed by atoms with Crippen LogP contribution >= 0.6 is 0 Å². The molecule has 0 aromatic heterocycles. The Morgan fingerprint density at radius 2 is 1.70 bits per heavy atom. The van der Waals surface area contributed by atoms with Crippen molar-refractivity contribution < 1.29 is 18.0 Å². The Kier molecular flexibility index (Phi) is 4.05. The number of benzene rings is 1. The Morgan fingerprint density at radius 3 is 2.20 bits per heavy atom. The molecule has 7 nitrogen and oxygen atoms in total. The zero-order valence-corrected chi connectivity index (χ0v) is 11.7. The first-order valence-corrected chi connectivity index (χ1v) is 7.52. The number of hydrogen-bond acceptors (Lipinski definition) is 4. The first-order valence-electron chi connectivity index (χ1n) is 6.03. The van der Waals surface area contributed by atoms with Crippen LogP contribution in [0.15, 0.2) is 24.3 Å². The molecule has 1 aromatic rings. The van der Waals surface area contributed by atoms with E-state index in [9.17, 15) is 18.0 Å². The van der Waals surface area contributed by atoms with Crippen LogP contribution in [-0.4, -0.2) is 27.2 Å². The molecule has 0 spiro atoms. The third-order valence-electron chi connectivity index (χ3n) is 2.99. The van der Waals surface area contributed by atoms with Crippen LogP contribution in [-0.2, 0) is 19.8 Å². The van der Waals surface area contributed by atoms with Gasteiger partial charge in [-0.3, -0.25) is 14.3 Å². The number of Topliss-reactive ketones (excluding diaryl/α,β-unsaturated/α-hetero) is 1. The van der Waals surface area contributed by atoms with Gasteiger partial charge in [-0.15, -0.1) is 0 Å². The highest BCUT2D eigenvalue weighted by molar-refractivity contribution is 7.90. The fraction of sp³-hybridized carbons (Fsp3) is 0.333. The van der Waals surface area contributed by atoms with Gasteiger partial charge in [0.2, 0.25) is 5.91 Å². The fourth-order valence-corrected chi connectivity index (χ4v) is 2.30. The minimum absolute atomic E-state index is 0.0990. The lowest BCUT2D eigenvalue weighted by atomic mass is 9.83. The van der Waals surface area contributed by atoms with Gasteiger partial charge in [0.1, 0.15) is 5.78 Å². The summed E-state index contributed by atoms with van der Waals surface area (Å²) in [5.41, 5.74) is 0.943. The molecule has 0 saturated heterocycles. The normalized spacial score (nSPS) is 15.6. The van der Waals surface area contributed by atoms with E-state index in [1.165, 1.54) is 19.2 Å². The number of carbonyl (C=O) groups excluding carboxylic acids is 2. The summed E-state index contributed by atoms with van der Waals surface area (Å²) in [4.78, 5) is 22.5. The second-order valence-electron chi connectivity index (χ2n) is 4.52. The summed E-state index contributed by atoms with van der Waals surface area (Å²) in [5, 5.41) is 2.68. The molecule has 0 heterocycles. The Bertz CT molecular complexity index is 617. The molecule has 2 rings (SSSR count). The van der Waals surface area contributed by atoms with Crippen molar-refractivity contribution in [1.29, 1.82) is 0 Å². The predicted molar refractivity (Wildman–Crippen MR) is 74.4 cm³/mol. The monoisotopic (exact) mass is 297 g/mol. The Morgan fingerprint density at radius 1 is 1.15 bits per heavy atom. The van der Waals surface area contributed by atoms with Crippen molar-refractivity contribution in [3.8, 4) is 0 Å². The van der Waals surface area contributed by atoms with Crippen molar-refractivity contribution in [1.82, 2.24) is 4.72 Å². The molecule has 0 radical (unpaired) electrons. The van der Waals surface area contributed by atoms with E-state index >= 15 is 0 Å². The van der Waals surface area contributed by atoms with E-state index in [0.717, 1.165) is 0 Å². The molecule has 1 fully saturated rings. The van der Waals surface area contributed by atoms with Crippen LogP contribution in [0.2, 0.25) is 0 Å². The number of anilines is 2. The largest absolute Gasteiger partial charge is 0.326 e. The zero-order chi connectivity index (χ0) is 14.8. The number of amides is 1. The molecule has 1 aromatic carbocycles. The van der Waals surface area contributed by atoms with Crippen LogP contribution in [0.25, 0.3) is 0 Å². The SMILES string of the molecule is CNS(=O)(=O)Nc1ccc(NC(=O)C2CC(=O)C2)cc1. The van der Waals surface area contributed by atoms with E-state index in [4.69, 9.17) is 0 Å². The maximum Gasteiger partial charge on any atom is 0.298 e. The summed E-state index contributed by atoms with van der Waals surface area (Å²) < 4.78 is 27.0. The van der Waals surface area contributed by atoms with E-state index in [-0.39, 0.29) is 17.6 Å². The molecule has 20 heavy (non-hydrogen) atoms. The van der Waals surface area contributed by atoms with Crippen LogP contribution < -0.4 is 14.8 Å². The van der Waals surface area contributed by atoms with Gasteiger partial charge in [0.05, 0.1) is 5.92 Å². The highest BCUT2D eigenvalue weighted by Gasteiger charge is 2.32. The molecule has 8 heteroatoms. The Labute approximate surface area is 116 Å². The van der Waals surface area contributed by atoms with Crippen LogP contribution in [0.1, 0.15) is 12.8 Å². The van der Waals surface area contributed by atoms with Gasteiger partial charge in [0, 0.05) is 31.3 Å². The lowest BCUT2D eigenvalue weighted by molar-refractivity contribution is -0.135. The van der Waals surface area contributed by atoms with Gasteiger partial charge in [-0.25, -0.2) is 4.72 Å². The van der Waals surface area contributed by atoms with Crippen LogP contribution in [0.4, 0.5) is 11.4 Å². The maximum atomic E-state index is 11.7. The second kappa shape index (κ2) is 5.59. The molecule has 0 aliphatic heterocycles. The van der Waals surface area contributed by atoms with Crippen molar-refractivity contribution in [3.05, 3.63) is 24.3 Å². The van der Waals surface area contributed by atoms with E-state index in [1.54, 1.807) is 12.1 Å². The third kappa shape index (κ3) is 3.55. The number of hydrogen-bond donors (Lipinski definition) is 3. The van der Waals surface area contributed by atoms with Crippen LogP contribution in [0.3, 0.4) is 0 Å².